The first kappa shape index (κ1) is 15.2. The fourth-order valence-corrected chi connectivity index (χ4v) is 2.82. The molecule has 3 N–H and O–H groups in total. The lowest BCUT2D eigenvalue weighted by Crippen LogP contribution is -2.44. The van der Waals surface area contributed by atoms with E-state index in [1.807, 2.05) is 0 Å². The van der Waals surface area contributed by atoms with Gasteiger partial charge in [0.25, 0.3) is 5.69 Å². The topological polar surface area (TPSA) is 113 Å². The summed E-state index contributed by atoms with van der Waals surface area (Å²) < 4.78 is 0. The Morgan fingerprint density at radius 3 is 2.52 bits per heavy atom. The van der Waals surface area contributed by atoms with Crippen molar-refractivity contribution in [3.05, 3.63) is 33.9 Å². The molecular weight excluding hydrogens is 276 g/mol. The van der Waals surface area contributed by atoms with Crippen LogP contribution >= 0.6 is 0 Å². The van der Waals surface area contributed by atoms with Gasteiger partial charge in [-0.15, -0.1) is 0 Å². The van der Waals surface area contributed by atoms with Crippen LogP contribution in [0.3, 0.4) is 0 Å². The van der Waals surface area contributed by atoms with Crippen LogP contribution in [0.5, 0.6) is 0 Å². The van der Waals surface area contributed by atoms with Gasteiger partial charge in [-0.05, 0) is 18.9 Å². The number of anilines is 1. The average molecular weight is 294 g/mol. The van der Waals surface area contributed by atoms with Gasteiger partial charge in [0.05, 0.1) is 22.6 Å². The predicted octanol–water partition coefficient (Wildman–Crippen LogP) is 2.40. The fourth-order valence-electron chi connectivity index (χ4n) is 2.82. The summed E-state index contributed by atoms with van der Waals surface area (Å²) in [7, 11) is 0. The summed E-state index contributed by atoms with van der Waals surface area (Å²) in [5.41, 5.74) is -1.14. The Hall–Kier alpha value is -2.15. The number of carboxylic acids is 1. The Kier molecular flexibility index (Phi) is 4.42. The van der Waals surface area contributed by atoms with Crippen LogP contribution in [0.25, 0.3) is 0 Å². The van der Waals surface area contributed by atoms with E-state index in [2.05, 4.69) is 5.32 Å². The summed E-state index contributed by atoms with van der Waals surface area (Å²) in [5, 5.41) is 33.0. The standard InChI is InChI=1S/C14H18N2O5/c17-9-14(7-2-1-3-8-14)15-12-10(13(18)19)5-4-6-11(12)16(20)21/h4-6,15,17H,1-3,7-9H2,(H,18,19). The molecule has 0 saturated heterocycles. The molecule has 7 nitrogen and oxygen atoms in total. The van der Waals surface area contributed by atoms with Gasteiger partial charge in [0.2, 0.25) is 0 Å². The van der Waals surface area contributed by atoms with Crippen molar-refractivity contribution in [1.82, 2.24) is 0 Å². The summed E-state index contributed by atoms with van der Waals surface area (Å²) in [5.74, 6) is -1.23. The Bertz CT molecular complexity index is 520. The first-order chi connectivity index (χ1) is 9.99. The Morgan fingerprint density at radius 2 is 2.00 bits per heavy atom. The number of hydrogen-bond donors (Lipinski definition) is 3. The third kappa shape index (κ3) is 3.13. The minimum absolute atomic E-state index is 0.0223. The summed E-state index contributed by atoms with van der Waals surface area (Å²) in [4.78, 5) is 21.8. The quantitative estimate of drug-likeness (QED) is 0.567. The first-order valence-corrected chi connectivity index (χ1v) is 6.89. The molecule has 0 unspecified atom stereocenters. The number of carboxylic acid groups (broad SMARTS) is 1. The molecule has 1 aliphatic carbocycles. The number of carbonyl (C=O) groups is 1. The van der Waals surface area contributed by atoms with Gasteiger partial charge < -0.3 is 15.5 Å². The number of benzene rings is 1. The second-order valence-corrected chi connectivity index (χ2v) is 5.39. The molecular formula is C14H18N2O5. The number of nitro benzene ring substituents is 1. The van der Waals surface area contributed by atoms with Crippen molar-refractivity contribution in [2.45, 2.75) is 37.6 Å². The maximum absolute atomic E-state index is 11.3. The van der Waals surface area contributed by atoms with Gasteiger partial charge in [0.1, 0.15) is 5.69 Å². The SMILES string of the molecule is O=C(O)c1cccc([N+](=O)[O-])c1NC1(CO)CCCCC1. The van der Waals surface area contributed by atoms with E-state index in [4.69, 9.17) is 0 Å². The molecule has 7 heteroatoms. The van der Waals surface area contributed by atoms with Crippen molar-refractivity contribution in [2.75, 3.05) is 11.9 Å². The van der Waals surface area contributed by atoms with Crippen molar-refractivity contribution in [3.8, 4) is 0 Å². The van der Waals surface area contributed by atoms with Gasteiger partial charge in [-0.2, -0.15) is 0 Å². The lowest BCUT2D eigenvalue weighted by molar-refractivity contribution is -0.384. The van der Waals surface area contributed by atoms with E-state index in [0.717, 1.165) is 19.3 Å². The van der Waals surface area contributed by atoms with Crippen LogP contribution in [-0.2, 0) is 0 Å². The van der Waals surface area contributed by atoms with E-state index >= 15 is 0 Å². The molecule has 0 bridgehead atoms. The highest BCUT2D eigenvalue weighted by Gasteiger charge is 2.34. The molecule has 21 heavy (non-hydrogen) atoms. The van der Waals surface area contributed by atoms with Crippen LogP contribution in [-0.4, -0.2) is 33.3 Å². The number of para-hydroxylation sites is 1. The van der Waals surface area contributed by atoms with Gasteiger partial charge in [-0.3, -0.25) is 10.1 Å². The highest BCUT2D eigenvalue weighted by atomic mass is 16.6. The largest absolute Gasteiger partial charge is 0.478 e. The third-order valence-corrected chi connectivity index (χ3v) is 3.97. The molecule has 1 fully saturated rings. The summed E-state index contributed by atoms with van der Waals surface area (Å²) in [6, 6.07) is 3.94. The van der Waals surface area contributed by atoms with Gasteiger partial charge >= 0.3 is 5.97 Å². The monoisotopic (exact) mass is 294 g/mol. The van der Waals surface area contributed by atoms with Gasteiger partial charge in [-0.25, -0.2) is 4.79 Å². The van der Waals surface area contributed by atoms with Crippen LogP contribution in [0.15, 0.2) is 18.2 Å². The van der Waals surface area contributed by atoms with Gasteiger partial charge in [0, 0.05) is 6.07 Å². The highest BCUT2D eigenvalue weighted by Crippen LogP contribution is 2.36. The van der Waals surface area contributed by atoms with E-state index in [0.29, 0.717) is 12.8 Å². The zero-order valence-corrected chi connectivity index (χ0v) is 11.5. The van der Waals surface area contributed by atoms with Crippen molar-refractivity contribution in [3.63, 3.8) is 0 Å². The number of rotatable bonds is 5. The molecule has 0 atom stereocenters. The minimum Gasteiger partial charge on any atom is -0.478 e. The van der Waals surface area contributed by atoms with Gasteiger partial charge in [0.15, 0.2) is 0 Å². The van der Waals surface area contributed by atoms with E-state index in [-0.39, 0.29) is 23.5 Å². The maximum atomic E-state index is 11.3. The van der Waals surface area contributed by atoms with Crippen LogP contribution in [0.1, 0.15) is 42.5 Å². The molecule has 0 amide bonds. The molecule has 114 valence electrons. The molecule has 0 heterocycles. The zero-order chi connectivity index (χ0) is 15.5. The molecule has 2 rings (SSSR count). The lowest BCUT2D eigenvalue weighted by Gasteiger charge is -2.37. The normalized spacial score (nSPS) is 17.2. The molecule has 1 aliphatic rings. The molecule has 0 aliphatic heterocycles. The summed E-state index contributed by atoms with van der Waals surface area (Å²) in [6.45, 7) is -0.182. The van der Waals surface area contributed by atoms with Crippen LogP contribution in [0.2, 0.25) is 0 Å². The number of aliphatic hydroxyl groups excluding tert-OH is 1. The average Bonchev–Trinajstić information content (AvgIpc) is 2.48. The number of hydrogen-bond acceptors (Lipinski definition) is 5. The number of nitro groups is 1. The predicted molar refractivity (Wildman–Crippen MR) is 76.6 cm³/mol. The molecule has 0 radical (unpaired) electrons. The second-order valence-electron chi connectivity index (χ2n) is 5.39. The molecule has 0 aromatic heterocycles. The van der Waals surface area contributed by atoms with Crippen molar-refractivity contribution >= 4 is 17.3 Å². The van der Waals surface area contributed by atoms with E-state index in [1.165, 1.54) is 18.2 Å². The second kappa shape index (κ2) is 6.09. The van der Waals surface area contributed by atoms with Crippen molar-refractivity contribution < 1.29 is 19.9 Å². The Balaban J connectivity index is 2.45. The van der Waals surface area contributed by atoms with E-state index in [9.17, 15) is 25.1 Å². The van der Waals surface area contributed by atoms with Gasteiger partial charge in [-0.1, -0.05) is 25.3 Å². The van der Waals surface area contributed by atoms with E-state index < -0.39 is 16.4 Å². The zero-order valence-electron chi connectivity index (χ0n) is 11.5. The van der Waals surface area contributed by atoms with Crippen LogP contribution in [0.4, 0.5) is 11.4 Å². The highest BCUT2D eigenvalue weighted by molar-refractivity contribution is 5.97. The van der Waals surface area contributed by atoms with Crippen LogP contribution < -0.4 is 5.32 Å². The molecule has 1 saturated carbocycles. The number of aliphatic hydroxyl groups is 1. The van der Waals surface area contributed by atoms with E-state index in [1.54, 1.807) is 0 Å². The number of nitrogens with one attached hydrogen (secondary N) is 1. The Labute approximate surface area is 121 Å². The first-order valence-electron chi connectivity index (χ1n) is 6.89. The summed E-state index contributed by atoms with van der Waals surface area (Å²) in [6.07, 6.45) is 4.17. The molecule has 0 spiro atoms. The van der Waals surface area contributed by atoms with Crippen molar-refractivity contribution in [2.24, 2.45) is 0 Å². The summed E-state index contributed by atoms with van der Waals surface area (Å²) >= 11 is 0. The molecule has 1 aromatic rings. The Morgan fingerprint density at radius 1 is 1.33 bits per heavy atom. The lowest BCUT2D eigenvalue weighted by atomic mass is 9.82. The fraction of sp³-hybridized carbons (Fsp3) is 0.500. The van der Waals surface area contributed by atoms with Crippen LogP contribution in [0, 0.1) is 10.1 Å². The number of nitrogens with zero attached hydrogens (tertiary/aromatic N) is 1. The minimum atomic E-state index is -1.23. The third-order valence-electron chi connectivity index (χ3n) is 3.97. The smallest absolute Gasteiger partial charge is 0.338 e. The maximum Gasteiger partial charge on any atom is 0.338 e. The molecule has 1 aromatic carbocycles. The van der Waals surface area contributed by atoms with Crippen molar-refractivity contribution in [1.29, 1.82) is 0 Å². The number of aromatic carboxylic acids is 1.